The summed E-state index contributed by atoms with van der Waals surface area (Å²) in [6, 6.07) is 14.0. The number of halogens is 1. The number of hydrogen-bond acceptors (Lipinski definition) is 5. The average Bonchev–Trinajstić information content (AvgIpc) is 3.42. The van der Waals surface area contributed by atoms with Crippen molar-refractivity contribution in [1.29, 1.82) is 0 Å². The summed E-state index contributed by atoms with van der Waals surface area (Å²) in [5, 5.41) is 12.2. The molecule has 2 heterocycles. The molecule has 1 amide bonds. The zero-order chi connectivity index (χ0) is 20.9. The van der Waals surface area contributed by atoms with E-state index in [-0.39, 0.29) is 23.6 Å². The summed E-state index contributed by atoms with van der Waals surface area (Å²) in [5.74, 6) is 0.447. The Kier molecular flexibility index (Phi) is 6.44. The fourth-order valence-electron chi connectivity index (χ4n) is 3.39. The van der Waals surface area contributed by atoms with E-state index in [1.54, 1.807) is 12.1 Å². The predicted molar refractivity (Wildman–Crippen MR) is 114 cm³/mol. The van der Waals surface area contributed by atoms with E-state index in [2.05, 4.69) is 15.5 Å². The lowest BCUT2D eigenvalue weighted by molar-refractivity contribution is -0.119. The maximum Gasteiger partial charge on any atom is 0.230 e. The number of nitrogens with one attached hydrogen (secondary N) is 1. The van der Waals surface area contributed by atoms with E-state index in [1.807, 2.05) is 35.8 Å². The van der Waals surface area contributed by atoms with E-state index in [1.165, 1.54) is 23.9 Å². The number of nitrogens with zero attached hydrogens (tertiary/aromatic N) is 3. The van der Waals surface area contributed by atoms with Gasteiger partial charge in [-0.05, 0) is 55.7 Å². The second kappa shape index (κ2) is 9.40. The molecule has 1 aliphatic rings. The van der Waals surface area contributed by atoms with Crippen LogP contribution in [-0.2, 0) is 9.53 Å². The fraction of sp³-hybridized carbons (Fsp3) is 0.318. The van der Waals surface area contributed by atoms with Crippen molar-refractivity contribution in [2.75, 3.05) is 18.9 Å². The van der Waals surface area contributed by atoms with Gasteiger partial charge in [0.2, 0.25) is 5.91 Å². The van der Waals surface area contributed by atoms with Crippen molar-refractivity contribution < 1.29 is 13.9 Å². The standard InChI is InChI=1S/C22H23FN4O2S/c1-15-5-2-3-7-19(15)27-21(16-8-10-17(23)11-9-16)25-26-22(27)30-14-20(28)24-13-18-6-4-12-29-18/h2-3,5,7-11,18H,4,6,12-14H2,1H3,(H,24,28). The van der Waals surface area contributed by atoms with Crippen LogP contribution in [0.25, 0.3) is 17.1 Å². The van der Waals surface area contributed by atoms with Gasteiger partial charge in [0.1, 0.15) is 5.82 Å². The van der Waals surface area contributed by atoms with Crippen molar-refractivity contribution >= 4 is 17.7 Å². The second-order valence-electron chi connectivity index (χ2n) is 7.16. The molecule has 1 aromatic heterocycles. The molecule has 0 spiro atoms. The largest absolute Gasteiger partial charge is 0.376 e. The fourth-order valence-corrected chi connectivity index (χ4v) is 4.17. The lowest BCUT2D eigenvalue weighted by Crippen LogP contribution is -2.32. The first-order valence-electron chi connectivity index (χ1n) is 9.90. The number of aryl methyl sites for hydroxylation is 1. The molecule has 156 valence electrons. The van der Waals surface area contributed by atoms with Crippen molar-refractivity contribution in [3.63, 3.8) is 0 Å². The molecule has 0 radical (unpaired) electrons. The molecule has 1 fully saturated rings. The van der Waals surface area contributed by atoms with Crippen LogP contribution in [0.3, 0.4) is 0 Å². The minimum Gasteiger partial charge on any atom is -0.376 e. The topological polar surface area (TPSA) is 69.0 Å². The third-order valence-corrected chi connectivity index (χ3v) is 5.90. The van der Waals surface area contributed by atoms with E-state index in [0.717, 1.165) is 36.3 Å². The van der Waals surface area contributed by atoms with E-state index in [0.29, 0.717) is 17.5 Å². The number of carbonyl (C=O) groups is 1. The van der Waals surface area contributed by atoms with Crippen LogP contribution >= 0.6 is 11.8 Å². The monoisotopic (exact) mass is 426 g/mol. The molecule has 8 heteroatoms. The Morgan fingerprint density at radius 1 is 1.23 bits per heavy atom. The highest BCUT2D eigenvalue weighted by atomic mass is 32.2. The SMILES string of the molecule is Cc1ccccc1-n1c(SCC(=O)NCC2CCCO2)nnc1-c1ccc(F)cc1. The van der Waals surface area contributed by atoms with Gasteiger partial charge >= 0.3 is 0 Å². The van der Waals surface area contributed by atoms with Crippen molar-refractivity contribution in [3.8, 4) is 17.1 Å². The van der Waals surface area contributed by atoms with Gasteiger partial charge in [-0.1, -0.05) is 30.0 Å². The molecule has 0 saturated carbocycles. The van der Waals surface area contributed by atoms with Crippen molar-refractivity contribution in [2.24, 2.45) is 0 Å². The Labute approximate surface area is 178 Å². The van der Waals surface area contributed by atoms with Gasteiger partial charge in [-0.15, -0.1) is 10.2 Å². The Balaban J connectivity index is 1.56. The number of thioether (sulfide) groups is 1. The van der Waals surface area contributed by atoms with E-state index in [4.69, 9.17) is 4.74 Å². The number of rotatable bonds is 7. The summed E-state index contributed by atoms with van der Waals surface area (Å²) in [5.41, 5.74) is 2.72. The minimum atomic E-state index is -0.307. The number of hydrogen-bond donors (Lipinski definition) is 1. The Hall–Kier alpha value is -2.71. The quantitative estimate of drug-likeness (QED) is 0.583. The van der Waals surface area contributed by atoms with Gasteiger partial charge in [0, 0.05) is 18.7 Å². The highest BCUT2D eigenvalue weighted by Crippen LogP contribution is 2.29. The summed E-state index contributed by atoms with van der Waals surface area (Å²) in [6.45, 7) is 3.30. The molecular formula is C22H23FN4O2S. The minimum absolute atomic E-state index is 0.0711. The molecule has 1 unspecified atom stereocenters. The van der Waals surface area contributed by atoms with Crippen molar-refractivity contribution in [1.82, 2.24) is 20.1 Å². The van der Waals surface area contributed by atoms with E-state index in [9.17, 15) is 9.18 Å². The van der Waals surface area contributed by atoms with Crippen LogP contribution in [0.2, 0.25) is 0 Å². The maximum atomic E-state index is 13.4. The number of para-hydroxylation sites is 1. The summed E-state index contributed by atoms with van der Waals surface area (Å²) < 4.78 is 20.8. The molecular weight excluding hydrogens is 403 g/mol. The summed E-state index contributed by atoms with van der Waals surface area (Å²) in [4.78, 5) is 12.3. The number of ether oxygens (including phenoxy) is 1. The summed E-state index contributed by atoms with van der Waals surface area (Å²) in [7, 11) is 0. The molecule has 2 aromatic carbocycles. The van der Waals surface area contributed by atoms with Gasteiger partial charge in [-0.25, -0.2) is 4.39 Å². The second-order valence-corrected chi connectivity index (χ2v) is 8.11. The van der Waals surface area contributed by atoms with Crippen LogP contribution in [0.4, 0.5) is 4.39 Å². The van der Waals surface area contributed by atoms with Crippen LogP contribution in [0.5, 0.6) is 0 Å². The van der Waals surface area contributed by atoms with Gasteiger partial charge < -0.3 is 10.1 Å². The predicted octanol–water partition coefficient (Wildman–Crippen LogP) is 3.77. The first-order chi connectivity index (χ1) is 14.6. The number of amides is 1. The lowest BCUT2D eigenvalue weighted by atomic mass is 10.1. The normalized spacial score (nSPS) is 16.0. The Morgan fingerprint density at radius 3 is 2.77 bits per heavy atom. The average molecular weight is 427 g/mol. The van der Waals surface area contributed by atoms with Crippen LogP contribution in [0.15, 0.2) is 53.7 Å². The molecule has 1 saturated heterocycles. The molecule has 30 heavy (non-hydrogen) atoms. The first kappa shape index (κ1) is 20.6. The van der Waals surface area contributed by atoms with Gasteiger partial charge in [0.05, 0.1) is 17.5 Å². The molecule has 6 nitrogen and oxygen atoms in total. The first-order valence-corrected chi connectivity index (χ1v) is 10.9. The molecule has 1 atom stereocenters. The van der Waals surface area contributed by atoms with Crippen molar-refractivity contribution in [2.45, 2.75) is 31.0 Å². The Morgan fingerprint density at radius 2 is 2.03 bits per heavy atom. The molecule has 0 aliphatic carbocycles. The number of carbonyl (C=O) groups excluding carboxylic acids is 1. The van der Waals surface area contributed by atoms with Crippen molar-refractivity contribution in [3.05, 3.63) is 59.9 Å². The molecule has 1 N–H and O–H groups in total. The highest BCUT2D eigenvalue weighted by molar-refractivity contribution is 7.99. The highest BCUT2D eigenvalue weighted by Gasteiger charge is 2.20. The third-order valence-electron chi connectivity index (χ3n) is 4.98. The third kappa shape index (κ3) is 4.71. The summed E-state index contributed by atoms with van der Waals surface area (Å²) in [6.07, 6.45) is 2.14. The number of benzene rings is 2. The smallest absolute Gasteiger partial charge is 0.230 e. The van der Waals surface area contributed by atoms with E-state index >= 15 is 0 Å². The van der Waals surface area contributed by atoms with Crippen LogP contribution < -0.4 is 5.32 Å². The molecule has 1 aliphatic heterocycles. The number of aromatic nitrogens is 3. The zero-order valence-electron chi connectivity index (χ0n) is 16.7. The van der Waals surface area contributed by atoms with E-state index < -0.39 is 0 Å². The van der Waals surface area contributed by atoms with Gasteiger partial charge in [-0.2, -0.15) is 0 Å². The zero-order valence-corrected chi connectivity index (χ0v) is 17.5. The molecule has 4 rings (SSSR count). The van der Waals surface area contributed by atoms with Gasteiger partial charge in [0.15, 0.2) is 11.0 Å². The molecule has 3 aromatic rings. The van der Waals surface area contributed by atoms with Gasteiger partial charge in [-0.3, -0.25) is 9.36 Å². The van der Waals surface area contributed by atoms with Crippen LogP contribution in [-0.4, -0.2) is 45.7 Å². The summed E-state index contributed by atoms with van der Waals surface area (Å²) >= 11 is 1.32. The maximum absolute atomic E-state index is 13.4. The van der Waals surface area contributed by atoms with Gasteiger partial charge in [0.25, 0.3) is 0 Å². The Bertz CT molecular complexity index is 1020. The van der Waals surface area contributed by atoms with Crippen LogP contribution in [0.1, 0.15) is 18.4 Å². The lowest BCUT2D eigenvalue weighted by Gasteiger charge is -2.13. The van der Waals surface area contributed by atoms with Crippen LogP contribution in [0, 0.1) is 12.7 Å². The molecule has 0 bridgehead atoms.